The quantitative estimate of drug-likeness (QED) is 0.630. The van der Waals surface area contributed by atoms with Gasteiger partial charge >= 0.3 is 0 Å². The first-order valence-corrected chi connectivity index (χ1v) is 11.2. The molecule has 3 rings (SSSR count). The first kappa shape index (κ1) is 19.9. The SMILES string of the molecule is CCOc1ccccc1Nc1nnc(SCC(=O)N[C@H]2CCCC[C@H]2C)s1. The molecule has 2 aromatic rings. The number of ether oxygens (including phenoxy) is 1. The van der Waals surface area contributed by atoms with Crippen molar-refractivity contribution in [3.63, 3.8) is 0 Å². The molecule has 0 saturated heterocycles. The minimum atomic E-state index is 0.0742. The van der Waals surface area contributed by atoms with Crippen LogP contribution in [-0.4, -0.2) is 34.5 Å². The molecular formula is C19H26N4O2S2. The van der Waals surface area contributed by atoms with Crippen molar-refractivity contribution in [2.24, 2.45) is 5.92 Å². The molecule has 27 heavy (non-hydrogen) atoms. The van der Waals surface area contributed by atoms with Crippen molar-refractivity contribution in [2.75, 3.05) is 17.7 Å². The molecule has 1 saturated carbocycles. The van der Waals surface area contributed by atoms with Crippen LogP contribution in [-0.2, 0) is 4.79 Å². The van der Waals surface area contributed by atoms with Gasteiger partial charge in [-0.05, 0) is 37.8 Å². The van der Waals surface area contributed by atoms with Crippen molar-refractivity contribution >= 4 is 39.8 Å². The molecule has 1 heterocycles. The maximum Gasteiger partial charge on any atom is 0.230 e. The Balaban J connectivity index is 1.50. The van der Waals surface area contributed by atoms with Gasteiger partial charge in [0.2, 0.25) is 11.0 Å². The first-order valence-electron chi connectivity index (χ1n) is 9.40. The van der Waals surface area contributed by atoms with Gasteiger partial charge in [-0.25, -0.2) is 0 Å². The van der Waals surface area contributed by atoms with E-state index in [9.17, 15) is 4.79 Å². The highest BCUT2D eigenvalue weighted by molar-refractivity contribution is 8.01. The van der Waals surface area contributed by atoms with Crippen LogP contribution in [0, 0.1) is 5.92 Å². The second-order valence-electron chi connectivity index (χ2n) is 6.65. The molecule has 1 aliphatic rings. The largest absolute Gasteiger partial charge is 0.492 e. The lowest BCUT2D eigenvalue weighted by Crippen LogP contribution is -2.41. The Kier molecular flexibility index (Phi) is 7.34. The van der Waals surface area contributed by atoms with Crippen LogP contribution < -0.4 is 15.4 Å². The van der Waals surface area contributed by atoms with Crippen LogP contribution in [0.5, 0.6) is 5.75 Å². The van der Waals surface area contributed by atoms with Gasteiger partial charge in [-0.15, -0.1) is 10.2 Å². The van der Waals surface area contributed by atoms with Crippen molar-refractivity contribution < 1.29 is 9.53 Å². The lowest BCUT2D eigenvalue weighted by Gasteiger charge is -2.29. The summed E-state index contributed by atoms with van der Waals surface area (Å²) in [5.74, 6) is 1.79. The van der Waals surface area contributed by atoms with Crippen molar-refractivity contribution in [3.05, 3.63) is 24.3 Å². The lowest BCUT2D eigenvalue weighted by atomic mass is 9.86. The summed E-state index contributed by atoms with van der Waals surface area (Å²) >= 11 is 2.86. The molecule has 0 radical (unpaired) electrons. The topological polar surface area (TPSA) is 76.1 Å². The van der Waals surface area contributed by atoms with Gasteiger partial charge < -0.3 is 15.4 Å². The number of thioether (sulfide) groups is 1. The lowest BCUT2D eigenvalue weighted by molar-refractivity contribution is -0.119. The summed E-state index contributed by atoms with van der Waals surface area (Å²) in [5.41, 5.74) is 0.857. The van der Waals surface area contributed by atoms with Crippen LogP contribution in [0.2, 0.25) is 0 Å². The zero-order chi connectivity index (χ0) is 19.1. The second-order valence-corrected chi connectivity index (χ2v) is 8.85. The molecule has 6 nitrogen and oxygen atoms in total. The van der Waals surface area contributed by atoms with Crippen molar-refractivity contribution in [2.45, 2.75) is 49.9 Å². The number of amides is 1. The van der Waals surface area contributed by atoms with Gasteiger partial charge in [-0.3, -0.25) is 4.79 Å². The summed E-state index contributed by atoms with van der Waals surface area (Å²) in [4.78, 5) is 12.2. The van der Waals surface area contributed by atoms with Gasteiger partial charge in [0.25, 0.3) is 0 Å². The zero-order valence-electron chi connectivity index (χ0n) is 15.7. The summed E-state index contributed by atoms with van der Waals surface area (Å²) in [6.07, 6.45) is 4.77. The van der Waals surface area contributed by atoms with E-state index in [1.807, 2.05) is 31.2 Å². The van der Waals surface area contributed by atoms with Gasteiger partial charge in [0, 0.05) is 6.04 Å². The molecule has 0 bridgehead atoms. The fourth-order valence-corrected chi connectivity index (χ4v) is 4.77. The molecule has 1 amide bonds. The predicted octanol–water partition coefficient (Wildman–Crippen LogP) is 4.47. The predicted molar refractivity (Wildman–Crippen MR) is 111 cm³/mol. The Labute approximate surface area is 168 Å². The number of rotatable bonds is 8. The Morgan fingerprint density at radius 2 is 2.11 bits per heavy atom. The Bertz CT molecular complexity index is 753. The third-order valence-electron chi connectivity index (χ3n) is 4.62. The number of hydrogen-bond acceptors (Lipinski definition) is 7. The summed E-state index contributed by atoms with van der Waals surface area (Å²) < 4.78 is 6.39. The molecule has 1 fully saturated rings. The number of nitrogens with zero attached hydrogens (tertiary/aromatic N) is 2. The third-order valence-corrected chi connectivity index (χ3v) is 6.59. The van der Waals surface area contributed by atoms with E-state index in [0.717, 1.165) is 22.2 Å². The molecule has 1 aromatic heterocycles. The monoisotopic (exact) mass is 406 g/mol. The van der Waals surface area contributed by atoms with E-state index >= 15 is 0 Å². The van der Waals surface area contributed by atoms with E-state index in [1.54, 1.807) is 0 Å². The van der Waals surface area contributed by atoms with Crippen LogP contribution in [0.25, 0.3) is 0 Å². The van der Waals surface area contributed by atoms with Crippen LogP contribution in [0.4, 0.5) is 10.8 Å². The van der Waals surface area contributed by atoms with Gasteiger partial charge in [0.1, 0.15) is 5.75 Å². The summed E-state index contributed by atoms with van der Waals surface area (Å²) in [6.45, 7) is 4.78. The highest BCUT2D eigenvalue weighted by atomic mass is 32.2. The van der Waals surface area contributed by atoms with E-state index < -0.39 is 0 Å². The number of carbonyl (C=O) groups is 1. The zero-order valence-corrected chi connectivity index (χ0v) is 17.4. The molecule has 1 aliphatic carbocycles. The number of nitrogens with one attached hydrogen (secondary N) is 2. The van der Waals surface area contributed by atoms with Gasteiger partial charge in [-0.1, -0.05) is 55.0 Å². The maximum atomic E-state index is 12.2. The minimum Gasteiger partial charge on any atom is -0.492 e. The van der Waals surface area contributed by atoms with Gasteiger partial charge in [-0.2, -0.15) is 0 Å². The molecule has 8 heteroatoms. The van der Waals surface area contributed by atoms with Crippen LogP contribution in [0.3, 0.4) is 0 Å². The normalized spacial score (nSPS) is 19.5. The van der Waals surface area contributed by atoms with Gasteiger partial charge in [0.15, 0.2) is 4.34 Å². The molecule has 0 spiro atoms. The number of para-hydroxylation sites is 2. The van der Waals surface area contributed by atoms with Crippen LogP contribution in [0.1, 0.15) is 39.5 Å². The standard InChI is InChI=1S/C19H26N4O2S2/c1-3-25-16-11-7-6-10-15(16)21-18-22-23-19(27-18)26-12-17(24)20-14-9-5-4-8-13(14)2/h6-7,10-11,13-14H,3-5,8-9,12H2,1-2H3,(H,20,24)(H,21,22)/t13-,14+/m1/s1. The Morgan fingerprint density at radius 1 is 1.30 bits per heavy atom. The van der Waals surface area contributed by atoms with Crippen LogP contribution in [0.15, 0.2) is 28.6 Å². The van der Waals surface area contributed by atoms with E-state index in [4.69, 9.17) is 4.74 Å². The minimum absolute atomic E-state index is 0.0742. The highest BCUT2D eigenvalue weighted by Gasteiger charge is 2.22. The summed E-state index contributed by atoms with van der Waals surface area (Å²) in [6, 6.07) is 8.05. The second kappa shape index (κ2) is 9.94. The molecule has 1 aromatic carbocycles. The first-order chi connectivity index (χ1) is 13.2. The Hall–Kier alpha value is -1.80. The smallest absolute Gasteiger partial charge is 0.230 e. The summed E-state index contributed by atoms with van der Waals surface area (Å²) in [7, 11) is 0. The highest BCUT2D eigenvalue weighted by Crippen LogP contribution is 2.31. The number of carbonyl (C=O) groups excluding carboxylic acids is 1. The molecule has 2 atom stereocenters. The van der Waals surface area contributed by atoms with Crippen LogP contribution >= 0.6 is 23.1 Å². The van der Waals surface area contributed by atoms with Crippen molar-refractivity contribution in [3.8, 4) is 5.75 Å². The average molecular weight is 407 g/mol. The number of aromatic nitrogens is 2. The molecule has 146 valence electrons. The fourth-order valence-electron chi connectivity index (χ4n) is 3.19. The number of anilines is 2. The van der Waals surface area contributed by atoms with Gasteiger partial charge in [0.05, 0.1) is 18.0 Å². The van der Waals surface area contributed by atoms with Crippen molar-refractivity contribution in [1.29, 1.82) is 0 Å². The number of hydrogen-bond donors (Lipinski definition) is 2. The van der Waals surface area contributed by atoms with Crippen molar-refractivity contribution in [1.82, 2.24) is 15.5 Å². The average Bonchev–Trinajstić information content (AvgIpc) is 3.11. The summed E-state index contributed by atoms with van der Waals surface area (Å²) in [5, 5.41) is 15.4. The van der Waals surface area contributed by atoms with E-state index in [0.29, 0.717) is 29.5 Å². The Morgan fingerprint density at radius 3 is 2.93 bits per heavy atom. The fraction of sp³-hybridized carbons (Fsp3) is 0.526. The maximum absolute atomic E-state index is 12.2. The van der Waals surface area contributed by atoms with E-state index in [1.165, 1.54) is 42.4 Å². The molecule has 0 aliphatic heterocycles. The molecule has 0 unspecified atom stereocenters. The molecular weight excluding hydrogens is 380 g/mol. The van der Waals surface area contributed by atoms with E-state index in [-0.39, 0.29) is 5.91 Å². The molecule has 2 N–H and O–H groups in total. The third kappa shape index (κ3) is 5.84. The van der Waals surface area contributed by atoms with E-state index in [2.05, 4.69) is 27.8 Å². The number of benzene rings is 1.